The minimum Gasteiger partial charge on any atom is -0.491 e. The van der Waals surface area contributed by atoms with Crippen LogP contribution >= 0.6 is 0 Å². The number of hydrogen-bond donors (Lipinski definition) is 0. The first-order chi connectivity index (χ1) is 61.3. The molecule has 20 heteroatoms. The predicted octanol–water partition coefficient (Wildman–Crippen LogP) is 16.8. The summed E-state index contributed by atoms with van der Waals surface area (Å²) in [5.41, 5.74) is 13.3. The van der Waals surface area contributed by atoms with Gasteiger partial charge in [-0.15, -0.1) is 0 Å². The summed E-state index contributed by atoms with van der Waals surface area (Å²) < 4.78 is 112. The molecule has 10 atom stereocenters. The van der Waals surface area contributed by atoms with Crippen molar-refractivity contribution in [3.8, 4) is 57.5 Å². The molecule has 11 aromatic rings. The van der Waals surface area contributed by atoms with Crippen LogP contribution in [0, 0.1) is 0 Å². The number of hydrogen-bond acceptors (Lipinski definition) is 20. The van der Waals surface area contributed by atoms with Crippen LogP contribution in [0.25, 0.3) is 0 Å². The van der Waals surface area contributed by atoms with Crippen LogP contribution in [-0.2, 0) is 63.6 Å². The summed E-state index contributed by atoms with van der Waals surface area (Å²) in [6.07, 6.45) is 2.23. The van der Waals surface area contributed by atoms with E-state index in [1.165, 1.54) is 66.8 Å². The molecule has 0 bridgehead atoms. The Hall–Kier alpha value is -11.0. The predicted molar refractivity (Wildman–Crippen MR) is 470 cm³/mol. The molecule has 10 unspecified atom stereocenters. The van der Waals surface area contributed by atoms with E-state index >= 15 is 0 Å². The quantitative estimate of drug-likeness (QED) is 0.0256. The van der Waals surface area contributed by atoms with E-state index in [1.54, 1.807) is 0 Å². The molecule has 0 radical (unpaired) electrons. The van der Waals surface area contributed by atoms with E-state index in [0.29, 0.717) is 66.1 Å². The zero-order valence-electron chi connectivity index (χ0n) is 71.1. The highest BCUT2D eigenvalue weighted by Gasteiger charge is 2.38. The van der Waals surface area contributed by atoms with Crippen LogP contribution in [0.15, 0.2) is 267 Å². The second-order valence-electron chi connectivity index (χ2n) is 34.5. The zero-order chi connectivity index (χ0) is 84.5. The molecule has 10 heterocycles. The van der Waals surface area contributed by atoms with E-state index in [0.717, 1.165) is 124 Å². The number of rotatable bonds is 43. The van der Waals surface area contributed by atoms with Gasteiger partial charge in [-0.05, 0) is 202 Å². The fourth-order valence-corrected chi connectivity index (χ4v) is 15.6. The average Bonchev–Trinajstić information content (AvgIpc) is 1.73. The molecule has 0 N–H and O–H groups in total. The van der Waals surface area contributed by atoms with E-state index in [1.807, 2.05) is 36.4 Å². The summed E-state index contributed by atoms with van der Waals surface area (Å²) >= 11 is 0. The van der Waals surface area contributed by atoms with Crippen LogP contribution in [0.5, 0.6) is 57.5 Å². The van der Waals surface area contributed by atoms with Crippen molar-refractivity contribution in [2.75, 3.05) is 132 Å². The highest BCUT2D eigenvalue weighted by atomic mass is 16.6. The average molecular weight is 1690 g/mol. The van der Waals surface area contributed by atoms with Gasteiger partial charge in [-0.3, -0.25) is 0 Å². The lowest BCUT2D eigenvalue weighted by molar-refractivity contribution is 0.262. The Labute approximate surface area is 730 Å². The van der Waals surface area contributed by atoms with E-state index in [9.17, 15) is 0 Å². The zero-order valence-corrected chi connectivity index (χ0v) is 71.1. The Morgan fingerprint density at radius 2 is 0.296 bits per heavy atom. The van der Waals surface area contributed by atoms with Crippen molar-refractivity contribution < 1.29 is 94.7 Å². The highest BCUT2D eigenvalue weighted by molar-refractivity contribution is 5.56. The fraction of sp³-hybridized carbons (Fsp3) is 0.371. The number of ether oxygens (including phenoxy) is 20. The largest absolute Gasteiger partial charge is 0.491 e. The molecule has 20 nitrogen and oxygen atoms in total. The molecule has 0 aliphatic carbocycles. The van der Waals surface area contributed by atoms with Crippen LogP contribution in [0.2, 0.25) is 0 Å². The lowest BCUT2D eigenvalue weighted by atomic mass is 9.70. The van der Waals surface area contributed by atoms with Crippen LogP contribution in [0.3, 0.4) is 0 Å². The van der Waals surface area contributed by atoms with Gasteiger partial charge in [0, 0.05) is 28.1 Å². The van der Waals surface area contributed by atoms with E-state index in [4.69, 9.17) is 94.7 Å². The summed E-state index contributed by atoms with van der Waals surface area (Å²) in [4.78, 5) is 0. The number of benzene rings is 11. The van der Waals surface area contributed by atoms with Crippen LogP contribution in [-0.4, -0.2) is 193 Å². The first-order valence-electron chi connectivity index (χ1n) is 43.9. The number of epoxide rings is 10. The third-order valence-corrected chi connectivity index (χ3v) is 24.6. The van der Waals surface area contributed by atoms with Crippen molar-refractivity contribution in [1.82, 2.24) is 0 Å². The normalized spacial score (nSPS) is 22.9. The summed E-state index contributed by atoms with van der Waals surface area (Å²) in [6, 6.07) is 93.4. The van der Waals surface area contributed by atoms with Crippen molar-refractivity contribution in [2.45, 2.75) is 117 Å². The molecular formula is C105H108O20. The Bertz CT molecular complexity index is 4810. The Morgan fingerprint density at radius 1 is 0.184 bits per heavy atom. The second-order valence-corrected chi connectivity index (χ2v) is 34.5. The van der Waals surface area contributed by atoms with E-state index < -0.39 is 5.41 Å². The van der Waals surface area contributed by atoms with Crippen LogP contribution < -0.4 is 47.4 Å². The monoisotopic (exact) mass is 1690 g/mol. The van der Waals surface area contributed by atoms with Crippen molar-refractivity contribution in [1.29, 1.82) is 0 Å². The molecule has 0 saturated carbocycles. The third-order valence-electron chi connectivity index (χ3n) is 24.6. The summed E-state index contributed by atoms with van der Waals surface area (Å²) in [5, 5.41) is 0. The lowest BCUT2D eigenvalue weighted by Crippen LogP contribution is -2.26. The first kappa shape index (κ1) is 83.6. The van der Waals surface area contributed by atoms with Gasteiger partial charge < -0.3 is 94.7 Å². The van der Waals surface area contributed by atoms with E-state index in [2.05, 4.69) is 258 Å². The van der Waals surface area contributed by atoms with Crippen molar-refractivity contribution >= 4 is 0 Å². The van der Waals surface area contributed by atoms with Gasteiger partial charge >= 0.3 is 0 Å². The van der Waals surface area contributed by atoms with Gasteiger partial charge in [-0.1, -0.05) is 159 Å². The summed E-state index contributed by atoms with van der Waals surface area (Å²) in [7, 11) is 0. The molecule has 21 rings (SSSR count). The minimum atomic E-state index is -0.400. The molecule has 648 valence electrons. The van der Waals surface area contributed by atoms with Gasteiger partial charge in [0.25, 0.3) is 0 Å². The first-order valence-corrected chi connectivity index (χ1v) is 43.9. The molecule has 10 fully saturated rings. The molecule has 10 aliphatic heterocycles. The SMILES string of the molecule is CC(C)(c1ccc(OCC2CO2)cc1)c1ccc(C(C)(c2ccc(OCC3CO3)cc2)c2ccc(OCC3CO3)cc2)cc1.CC(c1ccc(OCC2CO2)cc1)(c1ccc(OCC2CO2)cc1)c1ccc(OCC2CO2)cc1.c1cc(C(c2ccc(OCC3CO3)cc2)C(c2ccc(OCC3CO3)cc2)c2ccc(OCC3CO3)cc2)ccc1OCC1CO1. The van der Waals surface area contributed by atoms with Crippen molar-refractivity contribution in [3.63, 3.8) is 0 Å². The lowest BCUT2D eigenvalue weighted by Gasteiger charge is -2.33. The van der Waals surface area contributed by atoms with Crippen LogP contribution in [0.4, 0.5) is 0 Å². The van der Waals surface area contributed by atoms with Crippen LogP contribution in [0.1, 0.15) is 106 Å². The summed E-state index contributed by atoms with van der Waals surface area (Å²) in [6.45, 7) is 22.8. The Morgan fingerprint density at radius 3 is 0.432 bits per heavy atom. The molecule has 0 spiro atoms. The minimum absolute atomic E-state index is 0.0140. The van der Waals surface area contributed by atoms with Crippen molar-refractivity contribution in [2.24, 2.45) is 0 Å². The maximum Gasteiger partial charge on any atom is 0.119 e. The maximum atomic E-state index is 5.98. The molecular weight excluding hydrogens is 1580 g/mol. The third kappa shape index (κ3) is 22.8. The van der Waals surface area contributed by atoms with Gasteiger partial charge in [0.05, 0.1) is 66.1 Å². The van der Waals surface area contributed by atoms with Gasteiger partial charge in [0.2, 0.25) is 0 Å². The molecule has 11 aromatic carbocycles. The smallest absolute Gasteiger partial charge is 0.119 e. The molecule has 0 aromatic heterocycles. The van der Waals surface area contributed by atoms with Gasteiger partial charge in [-0.25, -0.2) is 0 Å². The molecule has 125 heavy (non-hydrogen) atoms. The Balaban J connectivity index is 0.000000124. The standard InChI is InChI=1S/C38H38O8.C38H40O6.C29H30O6/c1-9-29(39-17-33-21-43-33)10-2-25(1)37(26-3-11-30(12-4-26)40-18-34-22-44-34)38(27-5-13-31(14-6-27)41-19-35-23-45-35)28-7-15-32(16-8-28)42-20-36-24-46-36;1-37(2,27-8-14-31(15-9-27)39-20-34-23-42-34)26-4-6-28(7-5-26)38(3,29-10-16-32(17-11-29)40-21-35-24-43-35)30-12-18-33(19-13-30)41-22-36-25-44-36;1-29(20-2-8-23(9-3-20)30-14-26-17-33-26,21-4-10-24(11-5-21)31-15-27-18-34-27)22-6-12-25(13-7-22)32-16-28-19-35-28/h1-16,33-38H,17-24H2;4-19,34-36H,20-25H2,1-3H3;2-13,26-28H,14-19H2,1H3. The Kier molecular flexibility index (Phi) is 25.4. The highest BCUT2D eigenvalue weighted by Crippen LogP contribution is 2.48. The van der Waals surface area contributed by atoms with E-state index in [-0.39, 0.29) is 83.7 Å². The van der Waals surface area contributed by atoms with Gasteiger partial charge in [0.15, 0.2) is 0 Å². The molecule has 10 saturated heterocycles. The van der Waals surface area contributed by atoms with Gasteiger partial charge in [0.1, 0.15) is 185 Å². The molecule has 0 amide bonds. The topological polar surface area (TPSA) is 218 Å². The maximum absolute atomic E-state index is 5.98. The van der Waals surface area contributed by atoms with Gasteiger partial charge in [-0.2, -0.15) is 0 Å². The fourth-order valence-electron chi connectivity index (χ4n) is 15.6. The van der Waals surface area contributed by atoms with Crippen molar-refractivity contribution in [3.05, 3.63) is 334 Å². The summed E-state index contributed by atoms with van der Waals surface area (Å²) in [5.74, 6) is 8.45. The molecule has 10 aliphatic rings. The second kappa shape index (κ2) is 38.1.